The lowest BCUT2D eigenvalue weighted by atomic mass is 9.78. The molecule has 26 heavy (non-hydrogen) atoms. The molecule has 0 unspecified atom stereocenters. The van der Waals surface area contributed by atoms with Crippen molar-refractivity contribution in [1.29, 1.82) is 0 Å². The molecule has 1 heterocycles. The molecule has 0 amide bonds. The summed E-state index contributed by atoms with van der Waals surface area (Å²) in [6.45, 7) is 13.0. The first-order valence-corrected chi connectivity index (χ1v) is 9.49. The van der Waals surface area contributed by atoms with Gasteiger partial charge in [-0.05, 0) is 65.1 Å². The molecule has 2 atom stereocenters. The predicted molar refractivity (Wildman–Crippen MR) is 101 cm³/mol. The van der Waals surface area contributed by atoms with Crippen molar-refractivity contribution in [2.75, 3.05) is 13.2 Å². The van der Waals surface area contributed by atoms with Crippen LogP contribution in [-0.4, -0.2) is 37.5 Å². The number of hydrogen-bond acceptors (Lipinski definition) is 5. The van der Waals surface area contributed by atoms with E-state index >= 15 is 0 Å². The smallest absolute Gasteiger partial charge is 0.494 e. The highest BCUT2D eigenvalue weighted by Crippen LogP contribution is 2.51. The molecular formula is C20H29BO5. The van der Waals surface area contributed by atoms with Crippen LogP contribution in [0, 0.1) is 5.92 Å². The number of carbonyl (C=O) groups excluding carboxylic acids is 1. The van der Waals surface area contributed by atoms with Crippen LogP contribution in [0.15, 0.2) is 18.2 Å². The molecular weight excluding hydrogens is 331 g/mol. The topological polar surface area (TPSA) is 54.0 Å². The van der Waals surface area contributed by atoms with Gasteiger partial charge in [0.05, 0.1) is 30.3 Å². The van der Waals surface area contributed by atoms with Crippen molar-refractivity contribution >= 4 is 18.6 Å². The highest BCUT2D eigenvalue weighted by atomic mass is 16.7. The monoisotopic (exact) mass is 360 g/mol. The van der Waals surface area contributed by atoms with Crippen molar-refractivity contribution in [3.8, 4) is 5.75 Å². The summed E-state index contributed by atoms with van der Waals surface area (Å²) in [5, 5.41) is 0. The summed E-state index contributed by atoms with van der Waals surface area (Å²) in [4.78, 5) is 12.1. The SMILES string of the molecule is CCOC(=O)[C@H]1C[C@@H]1c1cc(B2OC(C)(C)C(C)(C)O2)ccc1OCC. The van der Waals surface area contributed by atoms with Gasteiger partial charge in [0.2, 0.25) is 0 Å². The third kappa shape index (κ3) is 3.49. The first-order valence-electron chi connectivity index (χ1n) is 9.49. The minimum Gasteiger partial charge on any atom is -0.494 e. The van der Waals surface area contributed by atoms with Crippen LogP contribution < -0.4 is 10.2 Å². The maximum absolute atomic E-state index is 12.1. The molecule has 1 saturated heterocycles. The van der Waals surface area contributed by atoms with E-state index < -0.39 is 7.12 Å². The fraction of sp³-hybridized carbons (Fsp3) is 0.650. The lowest BCUT2D eigenvalue weighted by molar-refractivity contribution is -0.144. The van der Waals surface area contributed by atoms with E-state index in [0.29, 0.717) is 13.2 Å². The van der Waals surface area contributed by atoms with Crippen molar-refractivity contribution in [3.63, 3.8) is 0 Å². The zero-order chi connectivity index (χ0) is 19.1. The van der Waals surface area contributed by atoms with Crippen LogP contribution in [0.5, 0.6) is 5.75 Å². The fourth-order valence-corrected chi connectivity index (χ4v) is 3.32. The third-order valence-corrected chi connectivity index (χ3v) is 5.64. The third-order valence-electron chi connectivity index (χ3n) is 5.64. The van der Waals surface area contributed by atoms with Crippen molar-refractivity contribution in [1.82, 2.24) is 0 Å². The van der Waals surface area contributed by atoms with Crippen LogP contribution in [0.25, 0.3) is 0 Å². The van der Waals surface area contributed by atoms with Crippen LogP contribution in [0.3, 0.4) is 0 Å². The molecule has 0 bridgehead atoms. The summed E-state index contributed by atoms with van der Waals surface area (Å²) >= 11 is 0. The molecule has 0 spiro atoms. The summed E-state index contributed by atoms with van der Waals surface area (Å²) in [6.07, 6.45) is 0.797. The Kier molecular flexibility index (Phi) is 5.10. The van der Waals surface area contributed by atoms with E-state index in [0.717, 1.165) is 23.2 Å². The lowest BCUT2D eigenvalue weighted by Gasteiger charge is -2.32. The molecule has 1 aliphatic carbocycles. The van der Waals surface area contributed by atoms with Gasteiger partial charge in [-0.3, -0.25) is 4.79 Å². The summed E-state index contributed by atoms with van der Waals surface area (Å²) in [5.74, 6) is 0.756. The average molecular weight is 360 g/mol. The number of carbonyl (C=O) groups is 1. The highest BCUT2D eigenvalue weighted by molar-refractivity contribution is 6.62. The Morgan fingerprint density at radius 2 is 1.81 bits per heavy atom. The van der Waals surface area contributed by atoms with Gasteiger partial charge in [-0.1, -0.05) is 12.1 Å². The zero-order valence-electron chi connectivity index (χ0n) is 16.6. The van der Waals surface area contributed by atoms with Crippen molar-refractivity contribution in [2.45, 2.75) is 65.1 Å². The van der Waals surface area contributed by atoms with Crippen LogP contribution in [0.2, 0.25) is 0 Å². The van der Waals surface area contributed by atoms with Crippen molar-refractivity contribution < 1.29 is 23.6 Å². The molecule has 5 nitrogen and oxygen atoms in total. The highest BCUT2D eigenvalue weighted by Gasteiger charge is 2.52. The maximum Gasteiger partial charge on any atom is 0.494 e. The largest absolute Gasteiger partial charge is 0.494 e. The number of rotatable bonds is 6. The van der Waals surface area contributed by atoms with Gasteiger partial charge in [0, 0.05) is 5.92 Å². The normalized spacial score (nSPS) is 25.8. The van der Waals surface area contributed by atoms with Crippen molar-refractivity contribution in [2.24, 2.45) is 5.92 Å². The van der Waals surface area contributed by atoms with Gasteiger partial charge in [0.1, 0.15) is 5.75 Å². The van der Waals surface area contributed by atoms with E-state index in [4.69, 9.17) is 18.8 Å². The van der Waals surface area contributed by atoms with E-state index in [-0.39, 0.29) is 29.0 Å². The molecule has 3 rings (SSSR count). The molecule has 1 saturated carbocycles. The van der Waals surface area contributed by atoms with Gasteiger partial charge in [-0.15, -0.1) is 0 Å². The molecule has 142 valence electrons. The van der Waals surface area contributed by atoms with Crippen LogP contribution in [-0.2, 0) is 18.8 Å². The van der Waals surface area contributed by atoms with E-state index in [1.165, 1.54) is 0 Å². The van der Waals surface area contributed by atoms with E-state index in [1.807, 2.05) is 53.7 Å². The van der Waals surface area contributed by atoms with E-state index in [1.54, 1.807) is 0 Å². The Bertz CT molecular complexity index is 669. The number of hydrogen-bond donors (Lipinski definition) is 0. The van der Waals surface area contributed by atoms with E-state index in [2.05, 4.69) is 6.07 Å². The molecule has 0 aromatic heterocycles. The minimum absolute atomic E-state index is 0.0808. The van der Waals surface area contributed by atoms with Crippen LogP contribution >= 0.6 is 0 Å². The van der Waals surface area contributed by atoms with E-state index in [9.17, 15) is 4.79 Å². The minimum atomic E-state index is -0.422. The lowest BCUT2D eigenvalue weighted by Crippen LogP contribution is -2.41. The second-order valence-electron chi connectivity index (χ2n) is 8.02. The van der Waals surface area contributed by atoms with Crippen LogP contribution in [0.1, 0.15) is 59.4 Å². The summed E-state index contributed by atoms with van der Waals surface area (Å²) in [7, 11) is -0.422. The molecule has 2 fully saturated rings. The Labute approximate surface area is 156 Å². The molecule has 2 aliphatic rings. The summed E-state index contributed by atoms with van der Waals surface area (Å²) < 4.78 is 23.3. The van der Waals surface area contributed by atoms with Crippen LogP contribution in [0.4, 0.5) is 0 Å². The zero-order valence-corrected chi connectivity index (χ0v) is 16.6. The number of ether oxygens (including phenoxy) is 2. The van der Waals surface area contributed by atoms with Gasteiger partial charge in [-0.25, -0.2) is 0 Å². The summed E-state index contributed by atoms with van der Waals surface area (Å²) in [5.41, 5.74) is 1.22. The predicted octanol–water partition coefficient (Wildman–Crippen LogP) is 3.05. The average Bonchev–Trinajstić information content (AvgIpc) is 3.31. The van der Waals surface area contributed by atoms with Gasteiger partial charge in [0.15, 0.2) is 0 Å². The van der Waals surface area contributed by atoms with Crippen molar-refractivity contribution in [3.05, 3.63) is 23.8 Å². The Hall–Kier alpha value is -1.53. The molecule has 0 N–H and O–H groups in total. The number of benzene rings is 1. The fourth-order valence-electron chi connectivity index (χ4n) is 3.32. The second kappa shape index (κ2) is 6.89. The molecule has 6 heteroatoms. The standard InChI is InChI=1S/C20H29BO5/c1-7-23-17-10-9-13(21-25-19(3,4)20(5,6)26-21)11-15(17)14-12-16(14)18(22)24-8-2/h9-11,14,16H,7-8,12H2,1-6H3/t14-,16+/m1/s1. The molecule has 1 aromatic rings. The molecule has 0 radical (unpaired) electrons. The van der Waals surface area contributed by atoms with Gasteiger partial charge >= 0.3 is 13.1 Å². The Morgan fingerprint density at radius 1 is 1.15 bits per heavy atom. The van der Waals surface area contributed by atoms with Gasteiger partial charge in [0.25, 0.3) is 0 Å². The summed E-state index contributed by atoms with van der Waals surface area (Å²) in [6, 6.07) is 6.01. The quantitative estimate of drug-likeness (QED) is 0.577. The van der Waals surface area contributed by atoms with Gasteiger partial charge < -0.3 is 18.8 Å². The first-order chi connectivity index (χ1) is 12.2. The molecule has 1 aromatic carbocycles. The first kappa shape index (κ1) is 19.2. The Morgan fingerprint density at radius 3 is 2.38 bits per heavy atom. The second-order valence-corrected chi connectivity index (χ2v) is 8.02. The maximum atomic E-state index is 12.1. The van der Waals surface area contributed by atoms with Gasteiger partial charge in [-0.2, -0.15) is 0 Å². The number of esters is 1. The Balaban J connectivity index is 1.85. The molecule has 1 aliphatic heterocycles.